The third-order valence-electron chi connectivity index (χ3n) is 5.15. The zero-order valence-corrected chi connectivity index (χ0v) is 20.1. The van der Waals surface area contributed by atoms with Gasteiger partial charge in [-0.1, -0.05) is 36.8 Å². The van der Waals surface area contributed by atoms with Crippen LogP contribution in [0.2, 0.25) is 0 Å². The number of amides is 2. The summed E-state index contributed by atoms with van der Waals surface area (Å²) in [5, 5.41) is 15.0. The predicted octanol–water partition coefficient (Wildman–Crippen LogP) is 7.73. The zero-order valence-electron chi connectivity index (χ0n) is 20.1. The number of allylic oxidation sites excluding steroid dienone is 2. The van der Waals surface area contributed by atoms with Gasteiger partial charge in [0.05, 0.1) is 17.9 Å². The number of nitrogens with one attached hydrogen (secondary N) is 2. The molecular formula is C28H25F3N2O4. The van der Waals surface area contributed by atoms with Crippen LogP contribution < -0.4 is 15.4 Å². The smallest absolute Gasteiger partial charge is 0.336 e. The number of halogens is 3. The van der Waals surface area contributed by atoms with Crippen molar-refractivity contribution in [3.8, 4) is 16.9 Å². The summed E-state index contributed by atoms with van der Waals surface area (Å²) < 4.78 is 45.3. The highest BCUT2D eigenvalue weighted by atomic mass is 19.3. The summed E-state index contributed by atoms with van der Waals surface area (Å²) >= 11 is 0. The Morgan fingerprint density at radius 2 is 1.76 bits per heavy atom. The van der Waals surface area contributed by atoms with E-state index in [1.54, 1.807) is 12.1 Å². The van der Waals surface area contributed by atoms with Gasteiger partial charge in [-0.25, -0.2) is 14.0 Å². The molecule has 9 heteroatoms. The van der Waals surface area contributed by atoms with E-state index in [0.717, 1.165) is 29.8 Å². The van der Waals surface area contributed by atoms with Crippen molar-refractivity contribution < 1.29 is 32.6 Å². The van der Waals surface area contributed by atoms with E-state index < -0.39 is 23.9 Å². The standard InChI is InChI=1S/C28H25F3N2O4/c1-3-13-37-26-18(5-4-6-25(30)31)14-19(23-16-20(29)9-12-22(23)27(34)35)15-24(26)33-28(36)32-21-10-7-17(2)8-11-21/h4-12,14-16H,3,13H2,1-2H3,(H,34,35)(H2,32,33,36). The molecule has 0 saturated heterocycles. The zero-order chi connectivity index (χ0) is 26.9. The number of ether oxygens (including phenoxy) is 1. The van der Waals surface area contributed by atoms with Crippen LogP contribution in [0, 0.1) is 12.7 Å². The van der Waals surface area contributed by atoms with Gasteiger partial charge >= 0.3 is 12.0 Å². The van der Waals surface area contributed by atoms with Crippen molar-refractivity contribution in [2.24, 2.45) is 0 Å². The van der Waals surface area contributed by atoms with Crippen LogP contribution in [-0.2, 0) is 0 Å². The Morgan fingerprint density at radius 1 is 1.03 bits per heavy atom. The first-order valence-corrected chi connectivity index (χ1v) is 11.4. The molecule has 0 heterocycles. The van der Waals surface area contributed by atoms with E-state index in [-0.39, 0.29) is 40.3 Å². The number of carbonyl (C=O) groups excluding carboxylic acids is 1. The number of benzene rings is 3. The first-order chi connectivity index (χ1) is 17.7. The van der Waals surface area contributed by atoms with E-state index >= 15 is 0 Å². The molecule has 0 radical (unpaired) electrons. The summed E-state index contributed by atoms with van der Waals surface area (Å²) in [6.07, 6.45) is 1.70. The lowest BCUT2D eigenvalue weighted by Crippen LogP contribution is -2.20. The fourth-order valence-electron chi connectivity index (χ4n) is 3.48. The first kappa shape index (κ1) is 27.1. The minimum absolute atomic E-state index is 0.0402. The van der Waals surface area contributed by atoms with Crippen molar-refractivity contribution in [1.82, 2.24) is 0 Å². The normalized spacial score (nSPS) is 10.7. The number of carbonyl (C=O) groups is 2. The van der Waals surface area contributed by atoms with Gasteiger partial charge in [0.1, 0.15) is 11.6 Å². The number of hydrogen-bond donors (Lipinski definition) is 3. The number of carboxylic acid groups (broad SMARTS) is 1. The molecule has 0 spiro atoms. The quantitative estimate of drug-likeness (QED) is 0.257. The van der Waals surface area contributed by atoms with Crippen LogP contribution in [0.5, 0.6) is 5.75 Å². The van der Waals surface area contributed by atoms with E-state index in [0.29, 0.717) is 18.2 Å². The molecule has 0 fully saturated rings. The molecule has 0 saturated carbocycles. The van der Waals surface area contributed by atoms with Crippen LogP contribution in [0.15, 0.2) is 72.8 Å². The van der Waals surface area contributed by atoms with Gasteiger partial charge in [0.25, 0.3) is 6.08 Å². The maximum atomic E-state index is 14.1. The molecule has 0 aromatic heterocycles. The summed E-state index contributed by atoms with van der Waals surface area (Å²) in [7, 11) is 0. The van der Waals surface area contributed by atoms with Gasteiger partial charge in [0.2, 0.25) is 0 Å². The van der Waals surface area contributed by atoms with Gasteiger partial charge in [0, 0.05) is 17.3 Å². The van der Waals surface area contributed by atoms with Gasteiger partial charge < -0.3 is 20.5 Å². The summed E-state index contributed by atoms with van der Waals surface area (Å²) in [5.74, 6) is -1.77. The number of urea groups is 1. The van der Waals surface area contributed by atoms with Gasteiger partial charge in [-0.3, -0.25) is 0 Å². The molecule has 3 N–H and O–H groups in total. The first-order valence-electron chi connectivity index (χ1n) is 11.4. The molecule has 0 bridgehead atoms. The highest BCUT2D eigenvalue weighted by Crippen LogP contribution is 2.37. The number of hydrogen-bond acceptors (Lipinski definition) is 3. The molecular weight excluding hydrogens is 485 g/mol. The molecule has 3 aromatic carbocycles. The van der Waals surface area contributed by atoms with Crippen LogP contribution in [0.1, 0.15) is 34.8 Å². The molecule has 0 aliphatic heterocycles. The molecule has 0 atom stereocenters. The van der Waals surface area contributed by atoms with Crippen LogP contribution in [0.25, 0.3) is 17.2 Å². The number of aryl methyl sites for hydroxylation is 1. The Labute approximate surface area is 212 Å². The highest BCUT2D eigenvalue weighted by molar-refractivity contribution is 6.02. The number of rotatable bonds is 9. The fraction of sp³-hybridized carbons (Fsp3) is 0.143. The summed E-state index contributed by atoms with van der Waals surface area (Å²) in [6, 6.07) is 12.6. The van der Waals surface area contributed by atoms with Crippen molar-refractivity contribution in [3.63, 3.8) is 0 Å². The number of anilines is 2. The molecule has 0 aliphatic carbocycles. The lowest BCUT2D eigenvalue weighted by Gasteiger charge is -2.18. The second-order valence-electron chi connectivity index (χ2n) is 8.05. The SMILES string of the molecule is CCCOc1c(C=CC=C(F)F)cc(-c2cc(F)ccc2C(=O)O)cc1NC(=O)Nc1ccc(C)cc1. The molecule has 2 amide bonds. The van der Waals surface area contributed by atoms with E-state index in [1.165, 1.54) is 18.2 Å². The van der Waals surface area contributed by atoms with E-state index in [9.17, 15) is 27.9 Å². The molecule has 0 aliphatic rings. The Balaban J connectivity index is 2.15. The summed E-state index contributed by atoms with van der Waals surface area (Å²) in [4.78, 5) is 24.6. The van der Waals surface area contributed by atoms with Crippen LogP contribution in [0.4, 0.5) is 29.3 Å². The van der Waals surface area contributed by atoms with Gasteiger partial charge in [-0.2, -0.15) is 8.78 Å². The molecule has 6 nitrogen and oxygen atoms in total. The molecule has 192 valence electrons. The second-order valence-corrected chi connectivity index (χ2v) is 8.05. The third-order valence-corrected chi connectivity index (χ3v) is 5.15. The Morgan fingerprint density at radius 3 is 2.41 bits per heavy atom. The molecule has 3 rings (SSSR count). The molecule has 0 unspecified atom stereocenters. The second kappa shape index (κ2) is 12.4. The van der Waals surface area contributed by atoms with Crippen LogP contribution >= 0.6 is 0 Å². The van der Waals surface area contributed by atoms with E-state index in [2.05, 4.69) is 10.6 Å². The van der Waals surface area contributed by atoms with Crippen molar-refractivity contribution in [1.29, 1.82) is 0 Å². The lowest BCUT2D eigenvalue weighted by atomic mass is 9.96. The minimum atomic E-state index is -1.92. The predicted molar refractivity (Wildman–Crippen MR) is 138 cm³/mol. The maximum absolute atomic E-state index is 14.1. The molecule has 37 heavy (non-hydrogen) atoms. The van der Waals surface area contributed by atoms with Crippen molar-refractivity contribution in [2.75, 3.05) is 17.2 Å². The maximum Gasteiger partial charge on any atom is 0.336 e. The van der Waals surface area contributed by atoms with Crippen molar-refractivity contribution in [3.05, 3.63) is 95.3 Å². The lowest BCUT2D eigenvalue weighted by molar-refractivity contribution is 0.0697. The Kier molecular flexibility index (Phi) is 9.10. The number of aromatic carboxylic acids is 1. The summed E-state index contributed by atoms with van der Waals surface area (Å²) in [6.45, 7) is 4.03. The van der Waals surface area contributed by atoms with Crippen LogP contribution in [-0.4, -0.2) is 23.7 Å². The van der Waals surface area contributed by atoms with Gasteiger partial charge in [-0.05, 0) is 66.9 Å². The Hall–Kier alpha value is -4.53. The average molecular weight is 511 g/mol. The molecule has 3 aromatic rings. The van der Waals surface area contributed by atoms with E-state index in [1.807, 2.05) is 26.0 Å². The highest BCUT2D eigenvalue weighted by Gasteiger charge is 2.19. The number of carboxylic acids is 1. The van der Waals surface area contributed by atoms with Gasteiger partial charge in [0.15, 0.2) is 0 Å². The van der Waals surface area contributed by atoms with E-state index in [4.69, 9.17) is 4.74 Å². The average Bonchev–Trinajstić information content (AvgIpc) is 2.84. The van der Waals surface area contributed by atoms with Crippen LogP contribution in [0.3, 0.4) is 0 Å². The third kappa shape index (κ3) is 7.47. The van der Waals surface area contributed by atoms with Crippen molar-refractivity contribution in [2.45, 2.75) is 20.3 Å². The largest absolute Gasteiger partial charge is 0.491 e. The Bertz CT molecular complexity index is 1350. The van der Waals surface area contributed by atoms with Crippen molar-refractivity contribution >= 4 is 29.5 Å². The summed E-state index contributed by atoms with van der Waals surface area (Å²) in [5.41, 5.74) is 2.04. The topological polar surface area (TPSA) is 87.7 Å². The fourth-order valence-corrected chi connectivity index (χ4v) is 3.48. The monoisotopic (exact) mass is 510 g/mol. The minimum Gasteiger partial charge on any atom is -0.491 e. The van der Waals surface area contributed by atoms with Gasteiger partial charge in [-0.15, -0.1) is 0 Å².